The zero-order valence-corrected chi connectivity index (χ0v) is 9.51. The summed E-state index contributed by atoms with van der Waals surface area (Å²) < 4.78 is 0. The van der Waals surface area contributed by atoms with E-state index in [1.807, 2.05) is 38.1 Å². The summed E-state index contributed by atoms with van der Waals surface area (Å²) in [5.41, 5.74) is 1.11. The maximum absolute atomic E-state index is 10.4. The fourth-order valence-electron chi connectivity index (χ4n) is 1.50. The molecule has 0 aliphatic rings. The highest BCUT2D eigenvalue weighted by Crippen LogP contribution is 2.27. The molecule has 0 radical (unpaired) electrons. The first-order valence-corrected chi connectivity index (χ1v) is 5.07. The lowest BCUT2D eigenvalue weighted by Crippen LogP contribution is -2.13. The molecule has 1 N–H and O–H groups in total. The number of hydrogen-bond acceptors (Lipinski definition) is 5. The zero-order valence-electron chi connectivity index (χ0n) is 9.51. The molecular formula is C11H11N5O. The van der Waals surface area contributed by atoms with Crippen LogP contribution in [0.4, 0.5) is 0 Å². The molecule has 0 spiro atoms. The van der Waals surface area contributed by atoms with E-state index in [0.717, 1.165) is 11.1 Å². The number of H-pyrrole nitrogens is 1. The van der Waals surface area contributed by atoms with Crippen LogP contribution >= 0.6 is 0 Å². The van der Waals surface area contributed by atoms with E-state index in [1.165, 1.54) is 0 Å². The van der Waals surface area contributed by atoms with Crippen LogP contribution in [0.3, 0.4) is 0 Å². The van der Waals surface area contributed by atoms with Crippen LogP contribution in [0, 0.1) is 0 Å². The van der Waals surface area contributed by atoms with Crippen molar-refractivity contribution in [2.45, 2.75) is 19.4 Å². The molecule has 2 aromatic rings. The van der Waals surface area contributed by atoms with Gasteiger partial charge in [-0.25, -0.2) is 4.79 Å². The van der Waals surface area contributed by atoms with Gasteiger partial charge in [0.1, 0.15) is 0 Å². The van der Waals surface area contributed by atoms with Gasteiger partial charge < -0.3 is 0 Å². The molecule has 0 aliphatic heterocycles. The van der Waals surface area contributed by atoms with Gasteiger partial charge >= 0.3 is 0 Å². The third-order valence-electron chi connectivity index (χ3n) is 2.50. The molecule has 0 aliphatic carbocycles. The predicted octanol–water partition coefficient (Wildman–Crippen LogP) is 1.44. The average molecular weight is 229 g/mol. The third kappa shape index (κ3) is 2.26. The molecule has 0 atom stereocenters. The third-order valence-corrected chi connectivity index (χ3v) is 2.50. The number of aromatic amines is 1. The van der Waals surface area contributed by atoms with Crippen molar-refractivity contribution in [3.8, 4) is 11.4 Å². The molecule has 0 amide bonds. The first kappa shape index (κ1) is 11.2. The highest BCUT2D eigenvalue weighted by molar-refractivity contribution is 5.56. The van der Waals surface area contributed by atoms with Crippen molar-refractivity contribution in [1.29, 1.82) is 0 Å². The van der Waals surface area contributed by atoms with Crippen LogP contribution in [0.25, 0.3) is 11.4 Å². The van der Waals surface area contributed by atoms with E-state index in [9.17, 15) is 4.79 Å². The average Bonchev–Trinajstić information content (AvgIpc) is 2.82. The highest BCUT2D eigenvalue weighted by atomic mass is 16.1. The van der Waals surface area contributed by atoms with Crippen molar-refractivity contribution in [3.05, 3.63) is 29.8 Å². The number of rotatable bonds is 3. The number of aromatic nitrogens is 4. The van der Waals surface area contributed by atoms with Crippen molar-refractivity contribution < 1.29 is 4.79 Å². The van der Waals surface area contributed by atoms with E-state index in [2.05, 4.69) is 25.6 Å². The molecule has 0 saturated heterocycles. The quantitative estimate of drug-likeness (QED) is 0.637. The zero-order chi connectivity index (χ0) is 12.3. The Balaban J connectivity index is 2.45. The molecule has 17 heavy (non-hydrogen) atoms. The summed E-state index contributed by atoms with van der Waals surface area (Å²) in [5, 5.41) is 13.7. The summed E-state index contributed by atoms with van der Waals surface area (Å²) in [6.07, 6.45) is 1.59. The number of carbonyl (C=O) groups excluding carboxylic acids is 1. The number of nitrogens with zero attached hydrogens (tertiary/aromatic N) is 4. The van der Waals surface area contributed by atoms with Gasteiger partial charge in [0.25, 0.3) is 0 Å². The lowest BCUT2D eigenvalue weighted by atomic mass is 9.93. The number of nitrogens with one attached hydrogen (secondary N) is 1. The van der Waals surface area contributed by atoms with Gasteiger partial charge in [-0.3, -0.25) is 0 Å². The Morgan fingerprint density at radius 1 is 1.41 bits per heavy atom. The van der Waals surface area contributed by atoms with Crippen molar-refractivity contribution in [2.75, 3.05) is 0 Å². The lowest BCUT2D eigenvalue weighted by Gasteiger charge is -2.18. The summed E-state index contributed by atoms with van der Waals surface area (Å²) in [6, 6.07) is 7.51. The second-order valence-corrected chi connectivity index (χ2v) is 4.08. The van der Waals surface area contributed by atoms with E-state index in [1.54, 1.807) is 6.08 Å². The SMILES string of the molecule is CC(C)(N=C=O)c1cccc(-c2nn[nH]n2)c1. The second-order valence-electron chi connectivity index (χ2n) is 4.08. The molecule has 1 heterocycles. The van der Waals surface area contributed by atoms with E-state index in [4.69, 9.17) is 0 Å². The van der Waals surface area contributed by atoms with E-state index < -0.39 is 5.54 Å². The standard InChI is InChI=1S/C11H11N5O/c1-11(2,12-7-17)9-5-3-4-8(6-9)10-13-15-16-14-10/h3-6H,1-2H3,(H,13,14,15,16). The largest absolute Gasteiger partial charge is 0.235 e. The van der Waals surface area contributed by atoms with Gasteiger partial charge in [-0.2, -0.15) is 10.2 Å². The van der Waals surface area contributed by atoms with Gasteiger partial charge in [0, 0.05) is 5.56 Å². The Hall–Kier alpha value is -2.33. The van der Waals surface area contributed by atoms with Crippen molar-refractivity contribution in [1.82, 2.24) is 20.6 Å². The summed E-state index contributed by atoms with van der Waals surface area (Å²) in [6.45, 7) is 3.68. The topological polar surface area (TPSA) is 83.9 Å². The molecule has 0 unspecified atom stereocenters. The fraction of sp³-hybridized carbons (Fsp3) is 0.273. The molecule has 2 rings (SSSR count). The van der Waals surface area contributed by atoms with Crippen LogP contribution < -0.4 is 0 Å². The molecule has 1 aromatic heterocycles. The lowest BCUT2D eigenvalue weighted by molar-refractivity contribution is 0.523. The monoisotopic (exact) mass is 229 g/mol. The molecule has 86 valence electrons. The second kappa shape index (κ2) is 4.27. The minimum absolute atomic E-state index is 0.512. The molecule has 1 aromatic carbocycles. The van der Waals surface area contributed by atoms with Crippen LogP contribution in [-0.4, -0.2) is 26.7 Å². The number of hydrogen-bond donors (Lipinski definition) is 1. The van der Waals surface area contributed by atoms with Gasteiger partial charge in [0.15, 0.2) is 0 Å². The Kier molecular flexibility index (Phi) is 2.80. The Labute approximate surface area is 97.8 Å². The molecular weight excluding hydrogens is 218 g/mol. The van der Waals surface area contributed by atoms with Crippen LogP contribution in [0.2, 0.25) is 0 Å². The maximum atomic E-state index is 10.4. The molecule has 0 fully saturated rings. The first-order chi connectivity index (χ1) is 8.13. The van der Waals surface area contributed by atoms with Gasteiger partial charge in [0.05, 0.1) is 5.54 Å². The molecule has 6 nitrogen and oxygen atoms in total. The van der Waals surface area contributed by atoms with Crippen LogP contribution in [0.5, 0.6) is 0 Å². The van der Waals surface area contributed by atoms with Gasteiger partial charge in [-0.15, -0.1) is 10.2 Å². The van der Waals surface area contributed by atoms with E-state index >= 15 is 0 Å². The number of aliphatic imine (C=N–C) groups is 1. The summed E-state index contributed by atoms with van der Waals surface area (Å²) >= 11 is 0. The van der Waals surface area contributed by atoms with E-state index in [-0.39, 0.29) is 0 Å². The van der Waals surface area contributed by atoms with Gasteiger partial charge in [-0.1, -0.05) is 18.2 Å². The predicted molar refractivity (Wildman–Crippen MR) is 60.8 cm³/mol. The minimum atomic E-state index is -0.610. The number of benzene rings is 1. The minimum Gasteiger partial charge on any atom is -0.211 e. The summed E-state index contributed by atoms with van der Waals surface area (Å²) in [7, 11) is 0. The van der Waals surface area contributed by atoms with Crippen LogP contribution in [0.15, 0.2) is 29.3 Å². The van der Waals surface area contributed by atoms with Gasteiger partial charge in [-0.05, 0) is 30.7 Å². The van der Waals surface area contributed by atoms with Crippen molar-refractivity contribution in [2.24, 2.45) is 4.99 Å². The van der Waals surface area contributed by atoms with Gasteiger partial charge in [0.2, 0.25) is 11.9 Å². The fourth-order valence-corrected chi connectivity index (χ4v) is 1.50. The Bertz CT molecular complexity index is 555. The van der Waals surface area contributed by atoms with Crippen molar-refractivity contribution >= 4 is 6.08 Å². The Morgan fingerprint density at radius 3 is 2.88 bits per heavy atom. The number of tetrazole rings is 1. The summed E-state index contributed by atoms with van der Waals surface area (Å²) in [5.74, 6) is 0.512. The number of isocyanates is 1. The van der Waals surface area contributed by atoms with Crippen LogP contribution in [0.1, 0.15) is 19.4 Å². The van der Waals surface area contributed by atoms with Crippen molar-refractivity contribution in [3.63, 3.8) is 0 Å². The maximum Gasteiger partial charge on any atom is 0.235 e. The normalized spacial score (nSPS) is 10.9. The first-order valence-electron chi connectivity index (χ1n) is 5.07. The Morgan fingerprint density at radius 2 is 2.24 bits per heavy atom. The summed E-state index contributed by atoms with van der Waals surface area (Å²) in [4.78, 5) is 14.2. The molecule has 0 bridgehead atoms. The molecule has 6 heteroatoms. The van der Waals surface area contributed by atoms with Crippen LogP contribution in [-0.2, 0) is 10.3 Å². The highest BCUT2D eigenvalue weighted by Gasteiger charge is 2.20. The van der Waals surface area contributed by atoms with E-state index in [0.29, 0.717) is 5.82 Å². The smallest absolute Gasteiger partial charge is 0.211 e. The molecule has 0 saturated carbocycles.